The van der Waals surface area contributed by atoms with Crippen molar-refractivity contribution < 1.29 is 48.4 Å². The topological polar surface area (TPSA) is 184 Å². The SMILES string of the molecule is C=CCNC(=O)[C@@H]1[C@H]2C(=O)O[C@H](c3ccccc3)[C@H](c3ccccc3)N2[C@H](c2cccc(OCCO)c2)[C@@]12C(=O)N(C(=O)N[C@H](C(=O)OC)C(C)C)c1ccc(C#CCCO)cc12. The summed E-state index contributed by atoms with van der Waals surface area (Å²) in [6, 6.07) is 24.7. The van der Waals surface area contributed by atoms with Gasteiger partial charge >= 0.3 is 18.0 Å². The fourth-order valence-corrected chi connectivity index (χ4v) is 9.25. The van der Waals surface area contributed by atoms with Crippen LogP contribution < -0.4 is 20.3 Å². The summed E-state index contributed by atoms with van der Waals surface area (Å²) in [7, 11) is 1.20. The van der Waals surface area contributed by atoms with Gasteiger partial charge in [0.1, 0.15) is 36.0 Å². The Morgan fingerprint density at radius 1 is 0.905 bits per heavy atom. The van der Waals surface area contributed by atoms with Gasteiger partial charge in [-0.2, -0.15) is 0 Å². The Kier molecular flexibility index (Phi) is 13.4. The lowest BCUT2D eigenvalue weighted by atomic mass is 9.65. The molecule has 4 N–H and O–H groups in total. The van der Waals surface area contributed by atoms with Crippen molar-refractivity contribution in [2.24, 2.45) is 11.8 Å². The molecular weight excluding hydrogens is 805 g/mol. The summed E-state index contributed by atoms with van der Waals surface area (Å²) in [5, 5.41) is 24.9. The Morgan fingerprint density at radius 2 is 1.60 bits per heavy atom. The van der Waals surface area contributed by atoms with Crippen molar-refractivity contribution in [1.29, 1.82) is 0 Å². The molecule has 7 atom stereocenters. The number of morpholine rings is 1. The molecule has 63 heavy (non-hydrogen) atoms. The summed E-state index contributed by atoms with van der Waals surface area (Å²) in [6.45, 7) is 6.67. The highest BCUT2D eigenvalue weighted by Crippen LogP contribution is 2.66. The van der Waals surface area contributed by atoms with Crippen molar-refractivity contribution in [2.45, 2.75) is 56.0 Å². The van der Waals surface area contributed by atoms with Gasteiger partial charge in [0.25, 0.3) is 0 Å². The molecule has 4 aromatic carbocycles. The maximum Gasteiger partial charge on any atom is 0.329 e. The van der Waals surface area contributed by atoms with E-state index in [0.29, 0.717) is 28.0 Å². The van der Waals surface area contributed by atoms with E-state index in [-0.39, 0.29) is 44.0 Å². The van der Waals surface area contributed by atoms with Gasteiger partial charge in [-0.3, -0.25) is 19.3 Å². The molecule has 3 aliphatic heterocycles. The first-order chi connectivity index (χ1) is 30.5. The number of fused-ring (bicyclic) bond motifs is 3. The first-order valence-corrected chi connectivity index (χ1v) is 20.8. The van der Waals surface area contributed by atoms with Gasteiger partial charge in [-0.1, -0.05) is 105 Å². The van der Waals surface area contributed by atoms with Gasteiger partial charge in [0.15, 0.2) is 0 Å². The van der Waals surface area contributed by atoms with Gasteiger partial charge in [-0.25, -0.2) is 14.5 Å². The maximum atomic E-state index is 16.3. The molecule has 14 nitrogen and oxygen atoms in total. The van der Waals surface area contributed by atoms with Crippen LogP contribution in [0.25, 0.3) is 0 Å². The van der Waals surface area contributed by atoms with E-state index in [4.69, 9.17) is 14.2 Å². The largest absolute Gasteiger partial charge is 0.491 e. The van der Waals surface area contributed by atoms with Crippen molar-refractivity contribution in [3.63, 3.8) is 0 Å². The zero-order valence-electron chi connectivity index (χ0n) is 35.2. The molecule has 0 aromatic heterocycles. The number of cyclic esters (lactones) is 1. The second kappa shape index (κ2) is 19.1. The maximum absolute atomic E-state index is 16.3. The fraction of sp³-hybridized carbons (Fsp3) is 0.327. The first-order valence-electron chi connectivity index (χ1n) is 20.8. The van der Waals surface area contributed by atoms with E-state index in [1.54, 1.807) is 56.3 Å². The van der Waals surface area contributed by atoms with E-state index in [2.05, 4.69) is 29.1 Å². The van der Waals surface area contributed by atoms with Crippen LogP contribution in [0.1, 0.15) is 66.3 Å². The Labute approximate surface area is 365 Å². The number of amides is 4. The van der Waals surface area contributed by atoms with Crippen LogP contribution in [-0.4, -0.2) is 90.5 Å². The number of nitrogens with zero attached hydrogens (tertiary/aromatic N) is 2. The molecular formula is C49H50N4O10. The summed E-state index contributed by atoms with van der Waals surface area (Å²) < 4.78 is 17.4. The van der Waals surface area contributed by atoms with E-state index in [9.17, 15) is 19.8 Å². The number of carbonyl (C=O) groups is 5. The molecule has 0 unspecified atom stereocenters. The zero-order valence-corrected chi connectivity index (χ0v) is 35.2. The highest BCUT2D eigenvalue weighted by atomic mass is 16.6. The lowest BCUT2D eigenvalue weighted by molar-refractivity contribution is -0.178. The fourth-order valence-electron chi connectivity index (χ4n) is 9.25. The molecule has 7 rings (SSSR count). The minimum Gasteiger partial charge on any atom is -0.491 e. The standard InChI is InChI=1S/C49H50N4O10/c1-5-24-50-44(56)38-41-46(58)63-42(33-18-10-7-11-19-33)40(32-16-8-6-9-17-32)53(41)43(34-20-14-21-35(29-34)62-27-26-55)49(38)36-28-31(15-12-13-25-54)22-23-37(36)52(47(49)59)48(60)51-39(30(2)3)45(57)61-4/h5-11,14,16-23,28-30,38-43,54-55H,1,13,24-27H2,2-4H3,(H,50,56)(H,51,60)/t38-,39-,40-,41-,42+,43+,49-/m0/s1. The second-order valence-corrected chi connectivity index (χ2v) is 15.8. The Balaban J connectivity index is 1.59. The van der Waals surface area contributed by atoms with Crippen molar-refractivity contribution >= 4 is 35.5 Å². The highest BCUT2D eigenvalue weighted by Gasteiger charge is 2.75. The highest BCUT2D eigenvalue weighted by molar-refractivity contribution is 6.25. The third-order valence-corrected chi connectivity index (χ3v) is 11.8. The number of aliphatic hydroxyl groups is 2. The number of hydrogen-bond donors (Lipinski definition) is 4. The van der Waals surface area contributed by atoms with Gasteiger partial charge in [0.05, 0.1) is 44.0 Å². The average Bonchev–Trinajstić information content (AvgIpc) is 3.76. The van der Waals surface area contributed by atoms with Crippen LogP contribution in [-0.2, 0) is 34.1 Å². The number of ether oxygens (including phenoxy) is 3. The van der Waals surface area contributed by atoms with E-state index in [1.807, 2.05) is 65.6 Å². The molecule has 4 amide bonds. The van der Waals surface area contributed by atoms with Crippen molar-refractivity contribution in [2.75, 3.05) is 38.4 Å². The number of urea groups is 1. The number of rotatable bonds is 13. The lowest BCUT2D eigenvalue weighted by Crippen LogP contribution is -2.57. The molecule has 1 spiro atoms. The Morgan fingerprint density at radius 3 is 2.25 bits per heavy atom. The van der Waals surface area contributed by atoms with Crippen LogP contribution in [0, 0.1) is 23.7 Å². The number of anilines is 1. The minimum absolute atomic E-state index is 0.0236. The van der Waals surface area contributed by atoms with Crippen molar-refractivity contribution in [3.05, 3.63) is 144 Å². The van der Waals surface area contributed by atoms with Crippen LogP contribution in [0.15, 0.2) is 116 Å². The molecule has 3 heterocycles. The van der Waals surface area contributed by atoms with E-state index in [0.717, 1.165) is 4.90 Å². The third-order valence-electron chi connectivity index (χ3n) is 11.8. The Hall–Kier alpha value is -6.79. The van der Waals surface area contributed by atoms with E-state index >= 15 is 14.4 Å². The molecule has 0 radical (unpaired) electrons. The summed E-state index contributed by atoms with van der Waals surface area (Å²) in [4.78, 5) is 77.3. The lowest BCUT2D eigenvalue weighted by Gasteiger charge is -2.46. The normalized spacial score (nSPS) is 22.9. The molecule has 2 saturated heterocycles. The quantitative estimate of drug-likeness (QED) is 0.0834. The molecule has 2 fully saturated rings. The van der Waals surface area contributed by atoms with Crippen LogP contribution in [0.3, 0.4) is 0 Å². The summed E-state index contributed by atoms with van der Waals surface area (Å²) in [5.74, 6) is 1.25. The van der Waals surface area contributed by atoms with Gasteiger partial charge in [0, 0.05) is 18.5 Å². The number of nitrogens with one attached hydrogen (secondary N) is 2. The molecule has 0 aliphatic carbocycles. The minimum atomic E-state index is -2.09. The summed E-state index contributed by atoms with van der Waals surface area (Å²) in [6.07, 6.45) is 0.682. The van der Waals surface area contributed by atoms with Gasteiger partial charge in [-0.15, -0.1) is 6.58 Å². The number of methoxy groups -OCH3 is 1. The number of benzene rings is 4. The van der Waals surface area contributed by atoms with Gasteiger partial charge in [-0.05, 0) is 58.5 Å². The van der Waals surface area contributed by atoms with Crippen molar-refractivity contribution in [1.82, 2.24) is 15.5 Å². The smallest absolute Gasteiger partial charge is 0.329 e. The number of aliphatic hydroxyl groups excluding tert-OH is 2. The molecule has 3 aliphatic rings. The molecule has 4 aromatic rings. The van der Waals surface area contributed by atoms with E-state index in [1.165, 1.54) is 13.2 Å². The first kappa shape index (κ1) is 44.3. The third kappa shape index (κ3) is 8.07. The molecule has 14 heteroatoms. The number of hydrogen-bond acceptors (Lipinski definition) is 11. The zero-order chi connectivity index (χ0) is 44.8. The van der Waals surface area contributed by atoms with Crippen LogP contribution in [0.5, 0.6) is 5.75 Å². The van der Waals surface area contributed by atoms with Crippen molar-refractivity contribution in [3.8, 4) is 17.6 Å². The van der Waals surface area contributed by atoms with Crippen LogP contribution >= 0.6 is 0 Å². The Bertz CT molecular complexity index is 2430. The molecule has 0 bridgehead atoms. The summed E-state index contributed by atoms with van der Waals surface area (Å²) in [5.41, 5.74) is 0.450. The number of carbonyl (C=O) groups excluding carboxylic acids is 5. The second-order valence-electron chi connectivity index (χ2n) is 15.8. The predicted molar refractivity (Wildman–Crippen MR) is 232 cm³/mol. The van der Waals surface area contributed by atoms with Crippen LogP contribution in [0.2, 0.25) is 0 Å². The van der Waals surface area contributed by atoms with Gasteiger partial charge < -0.3 is 35.1 Å². The van der Waals surface area contributed by atoms with Crippen LogP contribution in [0.4, 0.5) is 10.5 Å². The molecule has 326 valence electrons. The predicted octanol–water partition coefficient (Wildman–Crippen LogP) is 4.67. The average molecular weight is 855 g/mol. The number of esters is 2. The van der Waals surface area contributed by atoms with E-state index < -0.39 is 77.3 Å². The van der Waals surface area contributed by atoms with Gasteiger partial charge in [0.2, 0.25) is 11.8 Å². The summed E-state index contributed by atoms with van der Waals surface area (Å²) >= 11 is 0. The monoisotopic (exact) mass is 854 g/mol. The number of imide groups is 1. The molecule has 0 saturated carbocycles.